The summed E-state index contributed by atoms with van der Waals surface area (Å²) < 4.78 is 64.9. The van der Waals surface area contributed by atoms with Gasteiger partial charge in [0.15, 0.2) is 18.7 Å². The number of esters is 3. The summed E-state index contributed by atoms with van der Waals surface area (Å²) >= 11 is 0. The lowest BCUT2D eigenvalue weighted by Crippen LogP contribution is -2.69. The largest absolute Gasteiger partial charge is 0.472 e. The first kappa shape index (κ1) is 93.6. The summed E-state index contributed by atoms with van der Waals surface area (Å²) in [5, 5.41) is 110. The van der Waals surface area contributed by atoms with Gasteiger partial charge < -0.3 is 89.1 Å². The van der Waals surface area contributed by atoms with E-state index in [0.717, 1.165) is 96.0 Å². The fourth-order valence-electron chi connectivity index (χ4n) is 13.3. The van der Waals surface area contributed by atoms with Gasteiger partial charge in [-0.1, -0.05) is 296 Å². The van der Waals surface area contributed by atoms with Crippen LogP contribution in [0.25, 0.3) is 0 Å². The number of unbranched alkanes of at least 4 members (excludes halogenated alkanes) is 41. The summed E-state index contributed by atoms with van der Waals surface area (Å²) in [7, 11) is -5.72. The molecule has 2 heterocycles. The van der Waals surface area contributed by atoms with Crippen LogP contribution in [-0.4, -0.2) is 204 Å². The molecule has 1 saturated carbocycles. The second-order valence-corrected chi connectivity index (χ2v) is 30.3. The maximum atomic E-state index is 14.3. The number of aliphatic hydroxyl groups excluding tert-OH is 10. The van der Waals surface area contributed by atoms with Crippen LogP contribution in [0.3, 0.4) is 0 Å². The standard InChI is InChI=1S/C77H141O24P/c1-4-7-10-13-16-19-22-25-28-29-32-34-37-40-43-46-49-52-62(80)94-57-60-65(83)67(85)72(90)77(98-60)100-74-70(88)68(86)69(87)73(99-76-71(89)66(84)64(82)59(54-78)97-76)75(74)101-102(91,92)95-56-58(96-63(81)53-50-47-44-41-38-35-31-27-24-21-18-15-12-9-6-3)55-93-61(79)51-48-45-42-39-36-33-30-26-23-20-17-14-11-8-5-2/h44,47,50,53,58-60,64-78,82-90H,4-43,45-46,48-49,51-52,54-57H2,1-3H3,(H,91,92)/b47-44+,53-50+. The van der Waals surface area contributed by atoms with Gasteiger partial charge in [-0.3, -0.25) is 18.6 Å². The Bertz CT molecular complexity index is 2190. The predicted molar refractivity (Wildman–Crippen MR) is 388 cm³/mol. The molecule has 0 amide bonds. The van der Waals surface area contributed by atoms with Gasteiger partial charge in [-0.25, -0.2) is 9.36 Å². The van der Waals surface area contributed by atoms with Crippen LogP contribution in [0.5, 0.6) is 0 Å². The third-order valence-corrected chi connectivity index (χ3v) is 20.8. The van der Waals surface area contributed by atoms with Gasteiger partial charge in [0, 0.05) is 18.9 Å². The molecule has 18 atom stereocenters. The normalized spacial score (nSPS) is 27.1. The van der Waals surface area contributed by atoms with Crippen molar-refractivity contribution >= 4 is 25.7 Å². The van der Waals surface area contributed by atoms with Gasteiger partial charge in [-0.2, -0.15) is 0 Å². The van der Waals surface area contributed by atoms with Gasteiger partial charge in [-0.05, 0) is 25.7 Å². The molecular weight excluding hydrogens is 1340 g/mol. The van der Waals surface area contributed by atoms with Crippen LogP contribution >= 0.6 is 7.82 Å². The molecular formula is C77H141O24P. The SMILES string of the molecule is CCCCCCCCCCCCC/C=C/C=C/C(=O)OC(COC(=O)CCCCCCCCCCCCCCCCC)COP(=O)(O)OC1C(OC2OC(CO)C(O)C(O)C2O)C(O)C(O)C(O)C1OC1OC(COC(=O)CCCCCCCCCCCCCCCCCCC)C(O)C(O)C1O. The number of aliphatic hydroxyl groups is 10. The minimum Gasteiger partial charge on any atom is -0.463 e. The van der Waals surface area contributed by atoms with E-state index in [0.29, 0.717) is 12.8 Å². The van der Waals surface area contributed by atoms with Gasteiger partial charge in [0.25, 0.3) is 0 Å². The first-order valence-corrected chi connectivity index (χ1v) is 41.7. The summed E-state index contributed by atoms with van der Waals surface area (Å²) in [4.78, 5) is 51.0. The van der Waals surface area contributed by atoms with Crippen LogP contribution in [0.1, 0.15) is 316 Å². The molecule has 0 aromatic rings. The van der Waals surface area contributed by atoms with Crippen molar-refractivity contribution < 1.29 is 117 Å². The highest BCUT2D eigenvalue weighted by Gasteiger charge is 2.58. The molecule has 24 nitrogen and oxygen atoms in total. The molecule has 18 unspecified atom stereocenters. The van der Waals surface area contributed by atoms with E-state index in [1.165, 1.54) is 186 Å². The van der Waals surface area contributed by atoms with E-state index in [1.807, 2.05) is 6.08 Å². The Morgan fingerprint density at radius 2 is 0.745 bits per heavy atom. The second kappa shape index (κ2) is 58.5. The van der Waals surface area contributed by atoms with Crippen LogP contribution in [0.15, 0.2) is 24.3 Å². The molecule has 2 aliphatic heterocycles. The van der Waals surface area contributed by atoms with Crippen molar-refractivity contribution in [2.24, 2.45) is 0 Å². The van der Waals surface area contributed by atoms with Gasteiger partial charge >= 0.3 is 25.7 Å². The summed E-state index contributed by atoms with van der Waals surface area (Å²) in [5.41, 5.74) is 0. The van der Waals surface area contributed by atoms with Gasteiger partial charge in [0.2, 0.25) is 0 Å². The van der Waals surface area contributed by atoms with E-state index in [2.05, 4.69) is 20.8 Å². The maximum Gasteiger partial charge on any atom is 0.472 e. The average Bonchev–Trinajstić information content (AvgIpc) is 0.761. The molecule has 3 fully saturated rings. The number of carbonyl (C=O) groups is 3. The molecule has 0 spiro atoms. The lowest BCUT2D eigenvalue weighted by molar-refractivity contribution is -0.360. The molecule has 2 saturated heterocycles. The van der Waals surface area contributed by atoms with E-state index in [1.54, 1.807) is 6.08 Å². The minimum atomic E-state index is -5.72. The molecule has 11 N–H and O–H groups in total. The number of phosphoric ester groups is 1. The third-order valence-electron chi connectivity index (χ3n) is 19.8. The molecule has 0 bridgehead atoms. The number of ether oxygens (including phenoxy) is 7. The maximum absolute atomic E-state index is 14.3. The fraction of sp³-hybridized carbons (Fsp3) is 0.909. The summed E-state index contributed by atoms with van der Waals surface area (Å²) in [6.07, 6.45) is 21.5. The third kappa shape index (κ3) is 40.6. The highest BCUT2D eigenvalue weighted by Crippen LogP contribution is 2.49. The van der Waals surface area contributed by atoms with Crippen molar-refractivity contribution in [2.45, 2.75) is 420 Å². The summed E-state index contributed by atoms with van der Waals surface area (Å²) in [6, 6.07) is 0. The number of allylic oxidation sites excluding steroid dienone is 3. The zero-order valence-electron chi connectivity index (χ0n) is 62.7. The van der Waals surface area contributed by atoms with Crippen LogP contribution in [0.4, 0.5) is 0 Å². The Morgan fingerprint density at radius 1 is 0.402 bits per heavy atom. The van der Waals surface area contributed by atoms with Gasteiger partial charge in [0.1, 0.15) is 98.7 Å². The Morgan fingerprint density at radius 3 is 1.14 bits per heavy atom. The Kier molecular flexibility index (Phi) is 53.7. The van der Waals surface area contributed by atoms with E-state index >= 15 is 0 Å². The lowest BCUT2D eigenvalue weighted by Gasteiger charge is -2.49. The quantitative estimate of drug-likeness (QED) is 0.00673. The van der Waals surface area contributed by atoms with E-state index in [-0.39, 0.29) is 12.8 Å². The van der Waals surface area contributed by atoms with Crippen LogP contribution in [-0.2, 0) is 61.2 Å². The highest BCUT2D eigenvalue weighted by atomic mass is 31.2. The smallest absolute Gasteiger partial charge is 0.463 e. The fourth-order valence-corrected chi connectivity index (χ4v) is 14.3. The number of hydrogen-bond donors (Lipinski definition) is 11. The van der Waals surface area contributed by atoms with Crippen molar-refractivity contribution in [3.8, 4) is 0 Å². The molecule has 102 heavy (non-hydrogen) atoms. The van der Waals surface area contributed by atoms with Crippen LogP contribution in [0, 0.1) is 0 Å². The van der Waals surface area contributed by atoms with Crippen molar-refractivity contribution in [3.05, 3.63) is 24.3 Å². The first-order valence-electron chi connectivity index (χ1n) is 40.2. The molecule has 598 valence electrons. The second-order valence-electron chi connectivity index (χ2n) is 28.9. The van der Waals surface area contributed by atoms with E-state index < -0.39 is 156 Å². The monoisotopic (exact) mass is 1480 g/mol. The van der Waals surface area contributed by atoms with E-state index in [4.69, 9.17) is 42.2 Å². The van der Waals surface area contributed by atoms with Gasteiger partial charge in [-0.15, -0.1) is 0 Å². The zero-order chi connectivity index (χ0) is 74.6. The summed E-state index contributed by atoms with van der Waals surface area (Å²) in [5.74, 6) is -2.23. The number of rotatable bonds is 63. The lowest BCUT2D eigenvalue weighted by atomic mass is 9.84. The first-order chi connectivity index (χ1) is 49.3. The van der Waals surface area contributed by atoms with E-state index in [9.17, 15) is 74.9 Å². The number of phosphoric acid groups is 1. The molecule has 3 aliphatic rings. The summed E-state index contributed by atoms with van der Waals surface area (Å²) in [6.45, 7) is 3.38. The highest BCUT2D eigenvalue weighted by molar-refractivity contribution is 7.47. The molecule has 0 aromatic carbocycles. The Hall–Kier alpha value is -2.56. The van der Waals surface area contributed by atoms with Crippen molar-refractivity contribution in [3.63, 3.8) is 0 Å². The zero-order valence-corrected chi connectivity index (χ0v) is 63.5. The number of hydrogen-bond acceptors (Lipinski definition) is 23. The topological polar surface area (TPSA) is 374 Å². The van der Waals surface area contributed by atoms with Crippen molar-refractivity contribution in [1.82, 2.24) is 0 Å². The Labute approximate surface area is 611 Å². The van der Waals surface area contributed by atoms with Crippen molar-refractivity contribution in [1.29, 1.82) is 0 Å². The van der Waals surface area contributed by atoms with Crippen LogP contribution in [0.2, 0.25) is 0 Å². The molecule has 3 rings (SSSR count). The molecule has 25 heteroatoms. The predicted octanol–water partition coefficient (Wildman–Crippen LogP) is 12.1. The molecule has 0 radical (unpaired) electrons. The van der Waals surface area contributed by atoms with Gasteiger partial charge in [0.05, 0.1) is 13.2 Å². The molecule has 0 aromatic heterocycles. The molecule has 1 aliphatic carbocycles. The Balaban J connectivity index is 1.72. The average molecular weight is 1480 g/mol. The minimum absolute atomic E-state index is 0.0290. The van der Waals surface area contributed by atoms with Crippen LogP contribution < -0.4 is 0 Å². The number of carbonyl (C=O) groups excluding carboxylic acids is 3. The van der Waals surface area contributed by atoms with Crippen molar-refractivity contribution in [2.75, 3.05) is 26.4 Å².